The fraction of sp³-hybridized carbons (Fsp3) is 0.917. The second-order valence-electron chi connectivity index (χ2n) is 5.19. The summed E-state index contributed by atoms with van der Waals surface area (Å²) in [6, 6.07) is 0.696. The molecule has 0 aromatic heterocycles. The molecule has 2 aliphatic rings. The molecule has 0 bridgehead atoms. The fourth-order valence-electron chi connectivity index (χ4n) is 2.71. The number of carbonyl (C=O) groups excluding carboxylic acids is 1. The summed E-state index contributed by atoms with van der Waals surface area (Å²) >= 11 is 0. The van der Waals surface area contributed by atoms with Crippen molar-refractivity contribution in [2.75, 3.05) is 0 Å². The Kier molecular flexibility index (Phi) is 3.62. The minimum atomic E-state index is 0.235. The highest BCUT2D eigenvalue weighted by Gasteiger charge is 2.27. The molecule has 2 saturated carbocycles. The van der Waals surface area contributed by atoms with Gasteiger partial charge in [0.1, 0.15) is 0 Å². The number of nitrogens with one attached hydrogen (secondary N) is 1. The maximum Gasteiger partial charge on any atom is 0.220 e. The van der Waals surface area contributed by atoms with Gasteiger partial charge >= 0.3 is 0 Å². The number of carbonyl (C=O) groups is 1. The van der Waals surface area contributed by atoms with Crippen molar-refractivity contribution < 1.29 is 4.79 Å². The van der Waals surface area contributed by atoms with Crippen molar-refractivity contribution in [2.45, 2.75) is 63.5 Å². The second kappa shape index (κ2) is 4.97. The quantitative estimate of drug-likeness (QED) is 0.740. The SMILES string of the molecule is NC1CC(NC(=O)CCC2CCCC2)C1. The summed E-state index contributed by atoms with van der Waals surface area (Å²) in [7, 11) is 0. The Morgan fingerprint density at radius 1 is 1.27 bits per heavy atom. The van der Waals surface area contributed by atoms with Crippen LogP contribution in [-0.4, -0.2) is 18.0 Å². The molecular weight excluding hydrogens is 188 g/mol. The van der Waals surface area contributed by atoms with Crippen molar-refractivity contribution >= 4 is 5.91 Å². The van der Waals surface area contributed by atoms with Crippen molar-refractivity contribution in [1.82, 2.24) is 5.32 Å². The zero-order valence-corrected chi connectivity index (χ0v) is 9.37. The average Bonchev–Trinajstić information content (AvgIpc) is 2.65. The van der Waals surface area contributed by atoms with Crippen LogP contribution in [0.5, 0.6) is 0 Å². The lowest BCUT2D eigenvalue weighted by molar-refractivity contribution is -0.122. The van der Waals surface area contributed by atoms with Gasteiger partial charge in [0.15, 0.2) is 0 Å². The number of hydrogen-bond donors (Lipinski definition) is 2. The molecule has 0 aromatic carbocycles. The summed E-state index contributed by atoms with van der Waals surface area (Å²) in [4.78, 5) is 11.6. The molecule has 86 valence electrons. The zero-order valence-electron chi connectivity index (χ0n) is 9.37. The van der Waals surface area contributed by atoms with Crippen LogP contribution in [0.25, 0.3) is 0 Å². The van der Waals surface area contributed by atoms with Crippen LogP contribution in [0, 0.1) is 5.92 Å². The smallest absolute Gasteiger partial charge is 0.220 e. The molecule has 3 nitrogen and oxygen atoms in total. The van der Waals surface area contributed by atoms with Gasteiger partial charge in [0.25, 0.3) is 0 Å². The van der Waals surface area contributed by atoms with Gasteiger partial charge in [-0.15, -0.1) is 0 Å². The molecule has 0 spiro atoms. The van der Waals surface area contributed by atoms with Crippen molar-refractivity contribution in [3.8, 4) is 0 Å². The molecule has 3 N–H and O–H groups in total. The maximum atomic E-state index is 11.6. The van der Waals surface area contributed by atoms with Crippen molar-refractivity contribution in [1.29, 1.82) is 0 Å². The third-order valence-electron chi connectivity index (χ3n) is 3.79. The minimum absolute atomic E-state index is 0.235. The summed E-state index contributed by atoms with van der Waals surface area (Å²) < 4.78 is 0. The number of rotatable bonds is 4. The highest BCUT2D eigenvalue weighted by molar-refractivity contribution is 5.76. The largest absolute Gasteiger partial charge is 0.353 e. The first-order valence-corrected chi connectivity index (χ1v) is 6.29. The first-order chi connectivity index (χ1) is 7.24. The molecule has 2 fully saturated rings. The monoisotopic (exact) mass is 210 g/mol. The number of amides is 1. The van der Waals surface area contributed by atoms with Gasteiger partial charge in [0, 0.05) is 18.5 Å². The van der Waals surface area contributed by atoms with E-state index in [-0.39, 0.29) is 5.91 Å². The summed E-state index contributed by atoms with van der Waals surface area (Å²) in [6.07, 6.45) is 9.14. The van der Waals surface area contributed by atoms with Crippen LogP contribution < -0.4 is 11.1 Å². The fourth-order valence-corrected chi connectivity index (χ4v) is 2.71. The van der Waals surface area contributed by atoms with E-state index in [4.69, 9.17) is 5.73 Å². The lowest BCUT2D eigenvalue weighted by Crippen LogP contribution is -2.50. The lowest BCUT2D eigenvalue weighted by atomic mass is 9.87. The number of nitrogens with two attached hydrogens (primary N) is 1. The van der Waals surface area contributed by atoms with Crippen molar-refractivity contribution in [2.24, 2.45) is 11.7 Å². The Bertz CT molecular complexity index is 218. The van der Waals surface area contributed by atoms with Gasteiger partial charge in [-0.25, -0.2) is 0 Å². The lowest BCUT2D eigenvalue weighted by Gasteiger charge is -2.33. The summed E-state index contributed by atoms with van der Waals surface area (Å²) in [5.41, 5.74) is 5.67. The third-order valence-corrected chi connectivity index (χ3v) is 3.79. The van der Waals surface area contributed by atoms with E-state index in [2.05, 4.69) is 5.32 Å². The highest BCUT2D eigenvalue weighted by atomic mass is 16.1. The van der Waals surface area contributed by atoms with E-state index in [0.29, 0.717) is 12.1 Å². The van der Waals surface area contributed by atoms with Gasteiger partial charge < -0.3 is 11.1 Å². The molecule has 2 rings (SSSR count). The summed E-state index contributed by atoms with van der Waals surface area (Å²) in [5.74, 6) is 1.05. The molecular formula is C12H22N2O. The predicted octanol–water partition coefficient (Wildman–Crippen LogP) is 1.56. The molecule has 0 heterocycles. The topological polar surface area (TPSA) is 55.1 Å². The molecule has 1 amide bonds. The van der Waals surface area contributed by atoms with E-state index in [9.17, 15) is 4.79 Å². The minimum Gasteiger partial charge on any atom is -0.353 e. The molecule has 0 radical (unpaired) electrons. The Hall–Kier alpha value is -0.570. The Morgan fingerprint density at radius 2 is 1.93 bits per heavy atom. The summed E-state index contributed by atoms with van der Waals surface area (Å²) in [5, 5.41) is 3.05. The van der Waals surface area contributed by atoms with Crippen molar-refractivity contribution in [3.05, 3.63) is 0 Å². The second-order valence-corrected chi connectivity index (χ2v) is 5.19. The van der Waals surface area contributed by atoms with E-state index in [1.54, 1.807) is 0 Å². The Morgan fingerprint density at radius 3 is 2.53 bits per heavy atom. The van der Waals surface area contributed by atoms with Gasteiger partial charge in [-0.2, -0.15) is 0 Å². The Balaban J connectivity index is 1.56. The molecule has 2 aliphatic carbocycles. The van der Waals surface area contributed by atoms with Crippen molar-refractivity contribution in [3.63, 3.8) is 0 Å². The van der Waals surface area contributed by atoms with Gasteiger partial charge in [-0.1, -0.05) is 25.7 Å². The molecule has 0 unspecified atom stereocenters. The maximum absolute atomic E-state index is 11.6. The van der Waals surface area contributed by atoms with Crippen LogP contribution in [0.3, 0.4) is 0 Å². The molecule has 0 aromatic rings. The van der Waals surface area contributed by atoms with Crippen LogP contribution in [0.1, 0.15) is 51.4 Å². The van der Waals surface area contributed by atoms with Crippen LogP contribution in [0.15, 0.2) is 0 Å². The average molecular weight is 210 g/mol. The first kappa shape index (κ1) is 10.9. The van der Waals surface area contributed by atoms with Gasteiger partial charge in [0.05, 0.1) is 0 Å². The summed E-state index contributed by atoms with van der Waals surface area (Å²) in [6.45, 7) is 0. The van der Waals surface area contributed by atoms with E-state index >= 15 is 0 Å². The molecule has 3 heteroatoms. The van der Waals surface area contributed by atoms with Gasteiger partial charge in [-0.05, 0) is 25.2 Å². The van der Waals surface area contributed by atoms with Crippen LogP contribution in [0.4, 0.5) is 0 Å². The third kappa shape index (κ3) is 3.20. The van der Waals surface area contributed by atoms with Crippen LogP contribution in [-0.2, 0) is 4.79 Å². The number of hydrogen-bond acceptors (Lipinski definition) is 2. The standard InChI is InChI=1S/C12H22N2O/c13-10-7-11(8-10)14-12(15)6-5-9-3-1-2-4-9/h9-11H,1-8,13H2,(H,14,15). The molecule has 15 heavy (non-hydrogen) atoms. The van der Waals surface area contributed by atoms with Gasteiger partial charge in [0.2, 0.25) is 5.91 Å². The van der Waals surface area contributed by atoms with Gasteiger partial charge in [-0.3, -0.25) is 4.79 Å². The molecule has 0 saturated heterocycles. The molecule has 0 aliphatic heterocycles. The first-order valence-electron chi connectivity index (χ1n) is 6.29. The van der Waals surface area contributed by atoms with E-state index in [1.807, 2.05) is 0 Å². The normalized spacial score (nSPS) is 31.3. The van der Waals surface area contributed by atoms with E-state index < -0.39 is 0 Å². The Labute approximate surface area is 91.8 Å². The molecule has 0 atom stereocenters. The van der Waals surface area contributed by atoms with E-state index in [1.165, 1.54) is 25.7 Å². The van der Waals surface area contributed by atoms with Crippen LogP contribution >= 0.6 is 0 Å². The highest BCUT2D eigenvalue weighted by Crippen LogP contribution is 2.28. The van der Waals surface area contributed by atoms with Crippen LogP contribution in [0.2, 0.25) is 0 Å². The zero-order chi connectivity index (χ0) is 10.7. The predicted molar refractivity (Wildman–Crippen MR) is 60.3 cm³/mol. The van der Waals surface area contributed by atoms with E-state index in [0.717, 1.165) is 31.6 Å².